The van der Waals surface area contributed by atoms with Gasteiger partial charge in [0.1, 0.15) is 0 Å². The van der Waals surface area contributed by atoms with Crippen molar-refractivity contribution in [3.05, 3.63) is 35.9 Å². The average molecular weight is 336 g/mol. The molecular formula is C14H26ClN3O2S. The number of nitrogens with zero attached hydrogens (tertiary/aromatic N) is 2. The molecule has 0 heterocycles. The lowest BCUT2D eigenvalue weighted by atomic mass is 10.2. The maximum absolute atomic E-state index is 12.5. The first-order valence-electron chi connectivity index (χ1n) is 6.97. The Morgan fingerprint density at radius 3 is 2.29 bits per heavy atom. The molecule has 1 aromatic carbocycles. The van der Waals surface area contributed by atoms with Crippen molar-refractivity contribution < 1.29 is 8.42 Å². The Labute approximate surface area is 134 Å². The van der Waals surface area contributed by atoms with Crippen LogP contribution in [0.3, 0.4) is 0 Å². The van der Waals surface area contributed by atoms with E-state index in [1.54, 1.807) is 7.05 Å². The van der Waals surface area contributed by atoms with Gasteiger partial charge in [-0.2, -0.15) is 17.0 Å². The summed E-state index contributed by atoms with van der Waals surface area (Å²) in [5.74, 6) is 0. The number of hydrogen-bond donors (Lipinski definition) is 1. The van der Waals surface area contributed by atoms with Gasteiger partial charge in [-0.05, 0) is 24.9 Å². The molecule has 0 atom stereocenters. The molecule has 1 rings (SSSR count). The molecule has 0 aliphatic carbocycles. The van der Waals surface area contributed by atoms with Crippen molar-refractivity contribution in [2.75, 3.05) is 26.7 Å². The highest BCUT2D eigenvalue weighted by Crippen LogP contribution is 2.13. The molecule has 0 radical (unpaired) electrons. The van der Waals surface area contributed by atoms with Crippen LogP contribution in [0.5, 0.6) is 0 Å². The van der Waals surface area contributed by atoms with Crippen LogP contribution in [0.2, 0.25) is 0 Å². The van der Waals surface area contributed by atoms with Gasteiger partial charge in [0.2, 0.25) is 0 Å². The zero-order chi connectivity index (χ0) is 15.0. The zero-order valence-electron chi connectivity index (χ0n) is 12.7. The van der Waals surface area contributed by atoms with Crippen molar-refractivity contribution in [2.45, 2.75) is 26.3 Å². The predicted octanol–water partition coefficient (Wildman–Crippen LogP) is 1.85. The van der Waals surface area contributed by atoms with E-state index in [9.17, 15) is 8.42 Å². The van der Waals surface area contributed by atoms with Crippen molar-refractivity contribution >= 4 is 22.6 Å². The van der Waals surface area contributed by atoms with Crippen LogP contribution in [0.1, 0.15) is 25.3 Å². The van der Waals surface area contributed by atoms with Crippen LogP contribution < -0.4 is 5.73 Å². The molecule has 0 saturated heterocycles. The number of halogens is 1. The first kappa shape index (κ1) is 20.3. The minimum atomic E-state index is -3.42. The van der Waals surface area contributed by atoms with Crippen LogP contribution in [0.15, 0.2) is 30.3 Å². The van der Waals surface area contributed by atoms with Crippen LogP contribution in [-0.2, 0) is 16.8 Å². The third kappa shape index (κ3) is 6.32. The number of hydrogen-bond acceptors (Lipinski definition) is 3. The quantitative estimate of drug-likeness (QED) is 0.749. The summed E-state index contributed by atoms with van der Waals surface area (Å²) in [4.78, 5) is 0. The molecule has 0 saturated carbocycles. The molecule has 0 bridgehead atoms. The Morgan fingerprint density at radius 2 is 1.76 bits per heavy atom. The third-order valence-corrected chi connectivity index (χ3v) is 5.01. The number of nitrogens with two attached hydrogens (primary N) is 1. The van der Waals surface area contributed by atoms with E-state index in [1.807, 2.05) is 37.3 Å². The topological polar surface area (TPSA) is 66.6 Å². The molecule has 1 aromatic rings. The lowest BCUT2D eigenvalue weighted by molar-refractivity contribution is 0.351. The standard InChI is InChI=1S/C14H25N3O2S.ClH/c1-3-11-16(2)20(18,19)17(12-7-10-15)13-14-8-5-4-6-9-14;/h4-6,8-9H,3,7,10-13,15H2,1-2H3;1H. The van der Waals surface area contributed by atoms with Gasteiger partial charge >= 0.3 is 0 Å². The van der Waals surface area contributed by atoms with Crippen molar-refractivity contribution in [3.63, 3.8) is 0 Å². The van der Waals surface area contributed by atoms with E-state index < -0.39 is 10.2 Å². The van der Waals surface area contributed by atoms with Crippen LogP contribution in [0.25, 0.3) is 0 Å². The molecule has 0 spiro atoms. The fraction of sp³-hybridized carbons (Fsp3) is 0.571. The third-order valence-electron chi connectivity index (χ3n) is 3.07. The van der Waals surface area contributed by atoms with E-state index in [2.05, 4.69) is 0 Å². The van der Waals surface area contributed by atoms with Crippen molar-refractivity contribution in [3.8, 4) is 0 Å². The summed E-state index contributed by atoms with van der Waals surface area (Å²) in [5.41, 5.74) is 6.50. The first-order chi connectivity index (χ1) is 9.52. The van der Waals surface area contributed by atoms with E-state index in [-0.39, 0.29) is 12.4 Å². The number of benzene rings is 1. The van der Waals surface area contributed by atoms with E-state index in [1.165, 1.54) is 8.61 Å². The Kier molecular flexibility index (Phi) is 9.81. The molecule has 0 aliphatic heterocycles. The highest BCUT2D eigenvalue weighted by molar-refractivity contribution is 7.86. The second kappa shape index (κ2) is 10.1. The van der Waals surface area contributed by atoms with E-state index in [0.717, 1.165) is 12.0 Å². The summed E-state index contributed by atoms with van der Waals surface area (Å²) in [7, 11) is -1.80. The summed E-state index contributed by atoms with van der Waals surface area (Å²) in [6.07, 6.45) is 1.46. The maximum Gasteiger partial charge on any atom is 0.282 e. The minimum absolute atomic E-state index is 0. The highest BCUT2D eigenvalue weighted by atomic mass is 35.5. The Hall–Kier alpha value is -0.660. The Morgan fingerprint density at radius 1 is 1.14 bits per heavy atom. The second-order valence-electron chi connectivity index (χ2n) is 4.79. The molecule has 2 N–H and O–H groups in total. The SMILES string of the molecule is CCCN(C)S(=O)(=O)N(CCCN)Cc1ccccc1.Cl. The summed E-state index contributed by atoms with van der Waals surface area (Å²) in [6, 6.07) is 9.62. The summed E-state index contributed by atoms with van der Waals surface area (Å²) in [5, 5.41) is 0. The van der Waals surface area contributed by atoms with Gasteiger partial charge in [0.25, 0.3) is 10.2 Å². The van der Waals surface area contributed by atoms with Crippen molar-refractivity contribution in [1.82, 2.24) is 8.61 Å². The van der Waals surface area contributed by atoms with Crippen LogP contribution in [-0.4, -0.2) is 43.7 Å². The molecule has 0 amide bonds. The predicted molar refractivity (Wildman–Crippen MR) is 89.6 cm³/mol. The molecule has 21 heavy (non-hydrogen) atoms. The fourth-order valence-electron chi connectivity index (χ4n) is 1.96. The van der Waals surface area contributed by atoms with Gasteiger partial charge in [-0.3, -0.25) is 0 Å². The maximum atomic E-state index is 12.5. The normalized spacial score (nSPS) is 11.7. The van der Waals surface area contributed by atoms with E-state index in [4.69, 9.17) is 5.73 Å². The molecule has 0 fully saturated rings. The zero-order valence-corrected chi connectivity index (χ0v) is 14.4. The van der Waals surface area contributed by atoms with Gasteiger partial charge < -0.3 is 5.73 Å². The van der Waals surface area contributed by atoms with E-state index in [0.29, 0.717) is 32.6 Å². The highest BCUT2D eigenvalue weighted by Gasteiger charge is 2.25. The molecule has 5 nitrogen and oxygen atoms in total. The lowest BCUT2D eigenvalue weighted by Gasteiger charge is -2.27. The van der Waals surface area contributed by atoms with E-state index >= 15 is 0 Å². The van der Waals surface area contributed by atoms with Crippen LogP contribution in [0.4, 0.5) is 0 Å². The van der Waals surface area contributed by atoms with Gasteiger partial charge in [-0.25, -0.2) is 0 Å². The van der Waals surface area contributed by atoms with Gasteiger partial charge in [0.15, 0.2) is 0 Å². The summed E-state index contributed by atoms with van der Waals surface area (Å²) < 4.78 is 28.0. The number of rotatable bonds is 9. The molecule has 0 aromatic heterocycles. The van der Waals surface area contributed by atoms with Crippen LogP contribution in [0, 0.1) is 0 Å². The second-order valence-corrected chi connectivity index (χ2v) is 6.83. The Bertz CT molecular complexity index is 482. The molecule has 0 aliphatic rings. The summed E-state index contributed by atoms with van der Waals surface area (Å²) in [6.45, 7) is 3.81. The largest absolute Gasteiger partial charge is 0.330 e. The summed E-state index contributed by atoms with van der Waals surface area (Å²) >= 11 is 0. The average Bonchev–Trinajstić information content (AvgIpc) is 2.44. The van der Waals surface area contributed by atoms with Gasteiger partial charge in [-0.15, -0.1) is 12.4 Å². The fourth-order valence-corrected chi connectivity index (χ4v) is 3.44. The Balaban J connectivity index is 0.00000400. The van der Waals surface area contributed by atoms with Gasteiger partial charge in [0, 0.05) is 26.7 Å². The monoisotopic (exact) mass is 335 g/mol. The van der Waals surface area contributed by atoms with Crippen molar-refractivity contribution in [1.29, 1.82) is 0 Å². The minimum Gasteiger partial charge on any atom is -0.330 e. The van der Waals surface area contributed by atoms with Gasteiger partial charge in [-0.1, -0.05) is 37.3 Å². The van der Waals surface area contributed by atoms with Gasteiger partial charge in [0.05, 0.1) is 0 Å². The molecular weight excluding hydrogens is 310 g/mol. The molecule has 7 heteroatoms. The lowest BCUT2D eigenvalue weighted by Crippen LogP contribution is -2.42. The van der Waals surface area contributed by atoms with Crippen molar-refractivity contribution in [2.24, 2.45) is 5.73 Å². The van der Waals surface area contributed by atoms with Crippen LogP contribution >= 0.6 is 12.4 Å². The first-order valence-corrected chi connectivity index (χ1v) is 8.37. The molecule has 0 unspecified atom stereocenters. The smallest absolute Gasteiger partial charge is 0.282 e. The molecule has 122 valence electrons.